The van der Waals surface area contributed by atoms with Crippen molar-refractivity contribution in [2.45, 2.75) is 0 Å². The van der Waals surface area contributed by atoms with Crippen molar-refractivity contribution in [1.29, 1.82) is 0 Å². The summed E-state index contributed by atoms with van der Waals surface area (Å²) < 4.78 is 7.95. The third-order valence-electron chi connectivity index (χ3n) is 10.7. The Morgan fingerprint density at radius 2 is 0.857 bits per heavy atom. The van der Waals surface area contributed by atoms with Gasteiger partial charge in [-0.1, -0.05) is 115 Å². The van der Waals surface area contributed by atoms with E-state index in [1.54, 1.807) is 0 Å². The van der Waals surface area contributed by atoms with Crippen LogP contribution < -0.4 is 0 Å². The molecule has 0 bridgehead atoms. The molecule has 0 radical (unpaired) electrons. The molecule has 0 aliphatic rings. The Kier molecular flexibility index (Phi) is 5.06. The second-order valence-corrected chi connectivity index (χ2v) is 15.3. The monoisotopic (exact) mass is 655 g/mol. The number of hydrogen-bond donors (Lipinski definition) is 0. The smallest absolute Gasteiger partial charge is 0.0634 e. The molecule has 9 aromatic carbocycles. The minimum Gasteiger partial charge on any atom is -0.309 e. The van der Waals surface area contributed by atoms with Gasteiger partial charge in [-0.15, -0.1) is 22.7 Å². The molecule has 0 saturated heterocycles. The summed E-state index contributed by atoms with van der Waals surface area (Å²) in [6.07, 6.45) is 0. The highest BCUT2D eigenvalue weighted by atomic mass is 32.1. The molecule has 0 amide bonds. The van der Waals surface area contributed by atoms with Crippen molar-refractivity contribution in [3.05, 3.63) is 152 Å². The van der Waals surface area contributed by atoms with Gasteiger partial charge in [0.05, 0.1) is 11.0 Å². The van der Waals surface area contributed by atoms with E-state index in [9.17, 15) is 0 Å². The molecule has 0 unspecified atom stereocenters. The van der Waals surface area contributed by atoms with Crippen molar-refractivity contribution in [2.24, 2.45) is 0 Å². The van der Waals surface area contributed by atoms with Crippen molar-refractivity contribution >= 4 is 128 Å². The van der Waals surface area contributed by atoms with Crippen LogP contribution in [0.2, 0.25) is 0 Å². The summed E-state index contributed by atoms with van der Waals surface area (Å²) >= 11 is 3.85. The quantitative estimate of drug-likeness (QED) is 0.155. The lowest BCUT2D eigenvalue weighted by atomic mass is 9.94. The van der Waals surface area contributed by atoms with Crippen molar-refractivity contribution in [3.8, 4) is 5.69 Å². The Hall–Kier alpha value is -5.74. The molecule has 0 spiro atoms. The van der Waals surface area contributed by atoms with Gasteiger partial charge >= 0.3 is 0 Å². The molecule has 1 nitrogen and oxygen atoms in total. The van der Waals surface area contributed by atoms with Crippen LogP contribution in [0.3, 0.4) is 0 Å². The largest absolute Gasteiger partial charge is 0.309 e. The second-order valence-electron chi connectivity index (χ2n) is 13.2. The summed E-state index contributed by atoms with van der Waals surface area (Å²) in [5.74, 6) is 0. The van der Waals surface area contributed by atoms with Crippen LogP contribution in [0, 0.1) is 0 Å². The van der Waals surface area contributed by atoms with Gasteiger partial charge in [-0.25, -0.2) is 0 Å². The van der Waals surface area contributed by atoms with Gasteiger partial charge in [-0.2, -0.15) is 0 Å². The zero-order valence-corrected chi connectivity index (χ0v) is 27.8. The Morgan fingerprint density at radius 1 is 0.327 bits per heavy atom. The molecule has 0 aliphatic heterocycles. The maximum atomic E-state index is 2.56. The van der Waals surface area contributed by atoms with E-state index in [2.05, 4.69) is 156 Å². The van der Waals surface area contributed by atoms with Crippen LogP contribution in [0.1, 0.15) is 0 Å². The first-order valence-corrected chi connectivity index (χ1v) is 18.4. The number of thiophene rings is 2. The number of para-hydroxylation sites is 1. The van der Waals surface area contributed by atoms with Crippen molar-refractivity contribution in [3.63, 3.8) is 0 Å². The minimum absolute atomic E-state index is 1.19. The van der Waals surface area contributed by atoms with Gasteiger partial charge in [0.15, 0.2) is 0 Å². The fraction of sp³-hybridized carbons (Fsp3) is 0. The molecular weight excluding hydrogens is 631 g/mol. The molecule has 49 heavy (non-hydrogen) atoms. The van der Waals surface area contributed by atoms with Crippen molar-refractivity contribution in [2.75, 3.05) is 0 Å². The van der Waals surface area contributed by atoms with E-state index in [0.29, 0.717) is 0 Å². The first kappa shape index (κ1) is 26.2. The Bertz CT molecular complexity index is 3360. The Morgan fingerprint density at radius 3 is 1.57 bits per heavy atom. The first-order chi connectivity index (χ1) is 24.3. The SMILES string of the molecule is c1ccc2c(c1)sc1ccc3c(c12)c1c2ccccc2sc1c1c2ccccc2n(-c2ccc4c5ccccc5c5ccccc5c4c2)c31. The van der Waals surface area contributed by atoms with Gasteiger partial charge in [-0.05, 0) is 68.7 Å². The molecule has 0 atom stereocenters. The molecule has 3 heterocycles. The number of benzene rings is 9. The number of fused-ring (bicyclic) bond motifs is 20. The van der Waals surface area contributed by atoms with Crippen LogP contribution >= 0.6 is 22.7 Å². The molecule has 12 aromatic rings. The number of hydrogen-bond acceptors (Lipinski definition) is 2. The molecule has 226 valence electrons. The van der Waals surface area contributed by atoms with E-state index < -0.39 is 0 Å². The number of rotatable bonds is 1. The maximum absolute atomic E-state index is 2.56. The van der Waals surface area contributed by atoms with E-state index in [1.165, 1.54) is 111 Å². The van der Waals surface area contributed by atoms with Crippen LogP contribution in [0.4, 0.5) is 0 Å². The fourth-order valence-electron chi connectivity index (χ4n) is 8.77. The van der Waals surface area contributed by atoms with E-state index in [4.69, 9.17) is 0 Å². The summed E-state index contributed by atoms with van der Waals surface area (Å²) in [6.45, 7) is 0. The molecular formula is C46H25NS2. The lowest BCUT2D eigenvalue weighted by molar-refractivity contribution is 1.19. The van der Waals surface area contributed by atoms with Crippen LogP contribution in [-0.4, -0.2) is 4.57 Å². The van der Waals surface area contributed by atoms with Crippen LogP contribution in [0.5, 0.6) is 0 Å². The standard InChI is InChI=1S/C46H25NS2/c1-2-13-29-27(11-1)28-12-3-4-14-30(28)36-25-26(21-22-31(29)36)47-37-18-8-5-15-32(37)44-45(47)35-23-24-40-41(33-16-6-9-19-38(33)48-40)42(35)43-34-17-7-10-20-39(34)49-46(43)44/h1-25H. The maximum Gasteiger partial charge on any atom is 0.0634 e. The highest BCUT2D eigenvalue weighted by Gasteiger charge is 2.24. The van der Waals surface area contributed by atoms with Gasteiger partial charge in [0, 0.05) is 67.6 Å². The lowest BCUT2D eigenvalue weighted by Crippen LogP contribution is -1.95. The van der Waals surface area contributed by atoms with Crippen LogP contribution in [-0.2, 0) is 0 Å². The average molecular weight is 656 g/mol. The zero-order chi connectivity index (χ0) is 31.8. The molecule has 0 saturated carbocycles. The number of nitrogens with zero attached hydrogens (tertiary/aromatic N) is 1. The minimum atomic E-state index is 1.19. The van der Waals surface area contributed by atoms with Gasteiger partial charge < -0.3 is 4.57 Å². The summed E-state index contributed by atoms with van der Waals surface area (Å²) in [4.78, 5) is 0. The van der Waals surface area contributed by atoms with Crippen molar-refractivity contribution in [1.82, 2.24) is 4.57 Å². The van der Waals surface area contributed by atoms with Crippen LogP contribution in [0.25, 0.3) is 111 Å². The number of aromatic nitrogens is 1. The predicted octanol–water partition coefficient (Wildman–Crippen LogP) is 14.1. The van der Waals surface area contributed by atoms with Gasteiger partial charge in [0.1, 0.15) is 0 Å². The molecule has 0 fully saturated rings. The average Bonchev–Trinajstić information content (AvgIpc) is 3.85. The van der Waals surface area contributed by atoms with Gasteiger partial charge in [0.2, 0.25) is 0 Å². The summed E-state index contributed by atoms with van der Waals surface area (Å²) in [6, 6.07) is 56.6. The first-order valence-electron chi connectivity index (χ1n) is 16.8. The fourth-order valence-corrected chi connectivity index (χ4v) is 11.2. The zero-order valence-electron chi connectivity index (χ0n) is 26.2. The van der Waals surface area contributed by atoms with Gasteiger partial charge in [0.25, 0.3) is 0 Å². The molecule has 12 rings (SSSR count). The van der Waals surface area contributed by atoms with Crippen LogP contribution in [0.15, 0.2) is 152 Å². The Balaban J connectivity index is 1.34. The summed E-state index contributed by atoms with van der Waals surface area (Å²) in [5.41, 5.74) is 3.72. The second kappa shape index (κ2) is 9.45. The topological polar surface area (TPSA) is 4.93 Å². The van der Waals surface area contributed by atoms with E-state index in [0.717, 1.165) is 0 Å². The predicted molar refractivity (Wildman–Crippen MR) is 217 cm³/mol. The summed E-state index contributed by atoms with van der Waals surface area (Å²) in [7, 11) is 0. The highest BCUT2D eigenvalue weighted by molar-refractivity contribution is 7.27. The normalized spacial score (nSPS) is 12.5. The summed E-state index contributed by atoms with van der Waals surface area (Å²) in [5, 5.41) is 18.6. The molecule has 0 N–H and O–H groups in total. The molecule has 3 heteroatoms. The lowest BCUT2D eigenvalue weighted by Gasteiger charge is -2.15. The van der Waals surface area contributed by atoms with Crippen molar-refractivity contribution < 1.29 is 0 Å². The van der Waals surface area contributed by atoms with Gasteiger partial charge in [-0.3, -0.25) is 0 Å². The molecule has 0 aliphatic carbocycles. The third-order valence-corrected chi connectivity index (χ3v) is 13.1. The Labute approximate surface area is 288 Å². The van der Waals surface area contributed by atoms with E-state index in [1.807, 2.05) is 22.7 Å². The van der Waals surface area contributed by atoms with E-state index in [-0.39, 0.29) is 0 Å². The van der Waals surface area contributed by atoms with E-state index >= 15 is 0 Å². The third kappa shape index (κ3) is 3.34. The molecule has 3 aromatic heterocycles. The highest BCUT2D eigenvalue weighted by Crippen LogP contribution is 2.51.